The topological polar surface area (TPSA) is 64.0 Å². The minimum atomic E-state index is -4.09. The molecule has 0 radical (unpaired) electrons. The summed E-state index contributed by atoms with van der Waals surface area (Å²) in [5.74, 6) is -1.77. The molecule has 0 spiro atoms. The minimum absolute atomic E-state index is 0.0619. The number of rotatable bonds is 5. The van der Waals surface area contributed by atoms with E-state index in [0.717, 1.165) is 43.5 Å². The molecule has 0 unspecified atom stereocenters. The number of hydrogen-bond acceptors (Lipinski definition) is 3. The van der Waals surface area contributed by atoms with Gasteiger partial charge in [-0.3, -0.25) is 4.68 Å². The normalized spacial score (nSPS) is 14.7. The first kappa shape index (κ1) is 16.1. The van der Waals surface area contributed by atoms with Crippen LogP contribution in [0.15, 0.2) is 29.3 Å². The highest BCUT2D eigenvalue weighted by Gasteiger charge is 2.20. The number of benzene rings is 1. The summed E-state index contributed by atoms with van der Waals surface area (Å²) in [4.78, 5) is -0.681. The van der Waals surface area contributed by atoms with Gasteiger partial charge < -0.3 is 0 Å². The van der Waals surface area contributed by atoms with Crippen molar-refractivity contribution in [1.82, 2.24) is 14.5 Å². The van der Waals surface area contributed by atoms with E-state index in [9.17, 15) is 17.2 Å². The fourth-order valence-corrected chi connectivity index (χ4v) is 3.90. The van der Waals surface area contributed by atoms with Crippen LogP contribution in [0.3, 0.4) is 0 Å². The Labute approximate surface area is 133 Å². The van der Waals surface area contributed by atoms with Gasteiger partial charge in [0.2, 0.25) is 10.0 Å². The van der Waals surface area contributed by atoms with Crippen LogP contribution in [-0.4, -0.2) is 24.7 Å². The Kier molecular flexibility index (Phi) is 4.45. The largest absolute Gasteiger partial charge is 0.268 e. The van der Waals surface area contributed by atoms with Gasteiger partial charge in [-0.15, -0.1) is 0 Å². The van der Waals surface area contributed by atoms with Gasteiger partial charge in [-0.25, -0.2) is 21.9 Å². The summed E-state index contributed by atoms with van der Waals surface area (Å²) in [5, 5.41) is 4.27. The fraction of sp³-hybridized carbons (Fsp3) is 0.400. The maximum Gasteiger partial charge on any atom is 0.243 e. The van der Waals surface area contributed by atoms with E-state index in [1.165, 1.54) is 5.56 Å². The van der Waals surface area contributed by atoms with Crippen LogP contribution in [0.1, 0.15) is 24.1 Å². The number of aromatic nitrogens is 2. The zero-order valence-corrected chi connectivity index (χ0v) is 13.2. The molecule has 0 amide bonds. The predicted molar refractivity (Wildman–Crippen MR) is 80.4 cm³/mol. The maximum atomic E-state index is 13.6. The summed E-state index contributed by atoms with van der Waals surface area (Å²) in [6.07, 6.45) is 5.98. The fourth-order valence-electron chi connectivity index (χ4n) is 2.80. The van der Waals surface area contributed by atoms with Crippen LogP contribution in [0, 0.1) is 11.6 Å². The van der Waals surface area contributed by atoms with Gasteiger partial charge in [-0.05, 0) is 49.4 Å². The molecule has 0 aliphatic heterocycles. The van der Waals surface area contributed by atoms with Gasteiger partial charge in [0.25, 0.3) is 0 Å². The first-order valence-corrected chi connectivity index (χ1v) is 8.94. The highest BCUT2D eigenvalue weighted by Crippen LogP contribution is 2.20. The Morgan fingerprint density at radius 2 is 2.00 bits per heavy atom. The zero-order chi connectivity index (χ0) is 16.4. The third kappa shape index (κ3) is 3.42. The van der Waals surface area contributed by atoms with Gasteiger partial charge in [0.05, 0.1) is 12.7 Å². The van der Waals surface area contributed by atoms with Crippen LogP contribution in [-0.2, 0) is 29.4 Å². The SMILES string of the molecule is O=S(=O)(NCCn1ncc2c1CCCC2)c1cc(F)ccc1F. The second-order valence-electron chi connectivity index (χ2n) is 5.52. The second kappa shape index (κ2) is 6.37. The van der Waals surface area contributed by atoms with Gasteiger partial charge in [-0.1, -0.05) is 0 Å². The lowest BCUT2D eigenvalue weighted by Gasteiger charge is -2.14. The molecule has 1 N–H and O–H groups in total. The Morgan fingerprint density at radius 3 is 2.83 bits per heavy atom. The Bertz CT molecular complexity index is 818. The van der Waals surface area contributed by atoms with E-state index in [0.29, 0.717) is 12.6 Å². The molecule has 0 saturated carbocycles. The maximum absolute atomic E-state index is 13.6. The number of aryl methyl sites for hydroxylation is 1. The summed E-state index contributed by atoms with van der Waals surface area (Å²) in [7, 11) is -4.09. The molecule has 3 rings (SSSR count). The van der Waals surface area contributed by atoms with Crippen molar-refractivity contribution in [3.05, 3.63) is 47.3 Å². The monoisotopic (exact) mass is 341 g/mol. The molecule has 0 bridgehead atoms. The Balaban J connectivity index is 1.68. The van der Waals surface area contributed by atoms with Crippen molar-refractivity contribution in [2.24, 2.45) is 0 Å². The van der Waals surface area contributed by atoms with Crippen molar-refractivity contribution in [1.29, 1.82) is 0 Å². The molecule has 23 heavy (non-hydrogen) atoms. The first-order chi connectivity index (χ1) is 11.0. The van der Waals surface area contributed by atoms with Crippen molar-refractivity contribution >= 4 is 10.0 Å². The summed E-state index contributed by atoms with van der Waals surface area (Å²) < 4.78 is 54.9. The van der Waals surface area contributed by atoms with E-state index >= 15 is 0 Å². The molecule has 5 nitrogen and oxygen atoms in total. The number of halogens is 2. The lowest BCUT2D eigenvalue weighted by Crippen LogP contribution is -2.29. The minimum Gasteiger partial charge on any atom is -0.268 e. The number of fused-ring (bicyclic) bond motifs is 1. The van der Waals surface area contributed by atoms with Crippen molar-refractivity contribution in [2.45, 2.75) is 37.1 Å². The van der Waals surface area contributed by atoms with Crippen LogP contribution in [0.5, 0.6) is 0 Å². The van der Waals surface area contributed by atoms with Crippen molar-refractivity contribution < 1.29 is 17.2 Å². The molecule has 0 saturated heterocycles. The average molecular weight is 341 g/mol. The van der Waals surface area contributed by atoms with Gasteiger partial charge in [0.15, 0.2) is 0 Å². The number of hydrogen-bond donors (Lipinski definition) is 1. The van der Waals surface area contributed by atoms with E-state index in [4.69, 9.17) is 0 Å². The highest BCUT2D eigenvalue weighted by atomic mass is 32.2. The van der Waals surface area contributed by atoms with Crippen molar-refractivity contribution in [3.8, 4) is 0 Å². The smallest absolute Gasteiger partial charge is 0.243 e. The Hall–Kier alpha value is -1.80. The zero-order valence-electron chi connectivity index (χ0n) is 12.4. The van der Waals surface area contributed by atoms with E-state index in [-0.39, 0.29) is 6.54 Å². The molecule has 1 aromatic heterocycles. The van der Waals surface area contributed by atoms with Crippen LogP contribution in [0.25, 0.3) is 0 Å². The summed E-state index contributed by atoms with van der Waals surface area (Å²) in [6.45, 7) is 0.415. The molecular weight excluding hydrogens is 324 g/mol. The van der Waals surface area contributed by atoms with E-state index in [1.54, 1.807) is 4.68 Å². The van der Waals surface area contributed by atoms with Crippen LogP contribution in [0.2, 0.25) is 0 Å². The lowest BCUT2D eigenvalue weighted by atomic mass is 9.98. The van der Waals surface area contributed by atoms with Gasteiger partial charge in [0, 0.05) is 12.2 Å². The molecule has 124 valence electrons. The molecular formula is C15H17F2N3O2S. The van der Waals surface area contributed by atoms with Gasteiger partial charge in [-0.2, -0.15) is 5.10 Å². The third-order valence-corrected chi connectivity index (χ3v) is 5.42. The van der Waals surface area contributed by atoms with Crippen LogP contribution < -0.4 is 4.72 Å². The standard InChI is InChI=1S/C15H17F2N3O2S/c16-12-5-6-13(17)15(9-12)23(21,22)19-7-8-20-14-4-2-1-3-11(14)10-18-20/h5-6,9-10,19H,1-4,7-8H2. The molecule has 1 aliphatic rings. The van der Waals surface area contributed by atoms with Crippen LogP contribution in [0.4, 0.5) is 8.78 Å². The molecule has 0 fully saturated rings. The molecule has 8 heteroatoms. The van der Waals surface area contributed by atoms with E-state index in [2.05, 4.69) is 9.82 Å². The summed E-state index contributed by atoms with van der Waals surface area (Å²) in [6, 6.07) is 2.35. The van der Waals surface area contributed by atoms with Gasteiger partial charge >= 0.3 is 0 Å². The van der Waals surface area contributed by atoms with Gasteiger partial charge in [0.1, 0.15) is 16.5 Å². The predicted octanol–water partition coefficient (Wildman–Crippen LogP) is 2.02. The van der Waals surface area contributed by atoms with Crippen molar-refractivity contribution in [2.75, 3.05) is 6.54 Å². The summed E-state index contributed by atoms with van der Waals surface area (Å²) in [5.41, 5.74) is 2.34. The molecule has 1 aliphatic carbocycles. The lowest BCUT2D eigenvalue weighted by molar-refractivity contribution is 0.527. The molecule has 1 heterocycles. The number of nitrogens with one attached hydrogen (secondary N) is 1. The highest BCUT2D eigenvalue weighted by molar-refractivity contribution is 7.89. The Morgan fingerprint density at radius 1 is 1.22 bits per heavy atom. The first-order valence-electron chi connectivity index (χ1n) is 7.45. The molecule has 2 aromatic rings. The molecule has 1 aromatic carbocycles. The summed E-state index contributed by atoms with van der Waals surface area (Å²) >= 11 is 0. The average Bonchev–Trinajstić information content (AvgIpc) is 2.93. The quantitative estimate of drug-likeness (QED) is 0.905. The van der Waals surface area contributed by atoms with E-state index in [1.807, 2.05) is 6.20 Å². The van der Waals surface area contributed by atoms with E-state index < -0.39 is 26.6 Å². The molecule has 0 atom stereocenters. The van der Waals surface area contributed by atoms with Crippen molar-refractivity contribution in [3.63, 3.8) is 0 Å². The van der Waals surface area contributed by atoms with Crippen LogP contribution >= 0.6 is 0 Å². The third-order valence-electron chi connectivity index (χ3n) is 3.94. The number of sulfonamides is 1. The number of nitrogens with zero attached hydrogens (tertiary/aromatic N) is 2. The second-order valence-corrected chi connectivity index (χ2v) is 7.25.